The molecule has 1 rings (SSSR count). The molecule has 1 aromatic carbocycles. The number of aliphatic carboxylic acids is 1. The molecular formula is C12H15BrN2O3. The zero-order valence-corrected chi connectivity index (χ0v) is 11.8. The first-order chi connectivity index (χ1) is 8.45. The highest BCUT2D eigenvalue weighted by molar-refractivity contribution is 9.10. The van der Waals surface area contributed by atoms with Crippen molar-refractivity contribution in [2.45, 2.75) is 13.3 Å². The van der Waals surface area contributed by atoms with Crippen LogP contribution in [0.15, 0.2) is 27.8 Å². The molecule has 0 radical (unpaired) electrons. The van der Waals surface area contributed by atoms with Gasteiger partial charge in [-0.15, -0.1) is 0 Å². The van der Waals surface area contributed by atoms with Crippen molar-refractivity contribution in [1.29, 1.82) is 0 Å². The van der Waals surface area contributed by atoms with Crippen molar-refractivity contribution in [3.63, 3.8) is 0 Å². The number of carbonyl (C=O) groups is 1. The Morgan fingerprint density at radius 3 is 2.67 bits per heavy atom. The molecule has 98 valence electrons. The van der Waals surface area contributed by atoms with E-state index in [0.717, 1.165) is 15.7 Å². The van der Waals surface area contributed by atoms with E-state index in [1.165, 1.54) is 11.9 Å². The molecule has 0 atom stereocenters. The van der Waals surface area contributed by atoms with Gasteiger partial charge in [0.05, 0.1) is 5.69 Å². The second kappa shape index (κ2) is 6.51. The van der Waals surface area contributed by atoms with E-state index in [2.05, 4.69) is 21.0 Å². The summed E-state index contributed by atoms with van der Waals surface area (Å²) in [5.41, 5.74) is 1.78. The predicted molar refractivity (Wildman–Crippen MR) is 74.1 cm³/mol. The van der Waals surface area contributed by atoms with Gasteiger partial charge in [-0.1, -0.05) is 6.07 Å². The molecule has 0 amide bonds. The fraction of sp³-hybridized carbons (Fsp3) is 0.333. The summed E-state index contributed by atoms with van der Waals surface area (Å²) in [6.07, 6.45) is 0.583. The number of rotatable bonds is 5. The Kier molecular flexibility index (Phi) is 5.30. The third-order valence-electron chi connectivity index (χ3n) is 2.37. The topological polar surface area (TPSA) is 73.1 Å². The number of hydrazone groups is 1. The minimum Gasteiger partial charge on any atom is -0.477 e. The lowest BCUT2D eigenvalue weighted by atomic mass is 10.1. The normalized spacial score (nSPS) is 11.4. The molecule has 5 nitrogen and oxygen atoms in total. The summed E-state index contributed by atoms with van der Waals surface area (Å²) >= 11 is 3.40. The van der Waals surface area contributed by atoms with Gasteiger partial charge < -0.3 is 10.2 Å². The molecule has 0 unspecified atom stereocenters. The summed E-state index contributed by atoms with van der Waals surface area (Å²) in [5.74, 6) is -1.05. The van der Waals surface area contributed by atoms with Crippen LogP contribution in [0.5, 0.6) is 0 Å². The van der Waals surface area contributed by atoms with Crippen LogP contribution in [0.25, 0.3) is 0 Å². The molecule has 2 N–H and O–H groups in total. The molecule has 0 fully saturated rings. The largest absolute Gasteiger partial charge is 0.477 e. The van der Waals surface area contributed by atoms with E-state index in [4.69, 9.17) is 10.2 Å². The van der Waals surface area contributed by atoms with E-state index in [-0.39, 0.29) is 12.3 Å². The minimum absolute atomic E-state index is 0.0174. The molecule has 0 heterocycles. The Labute approximate surface area is 114 Å². The smallest absolute Gasteiger partial charge is 0.351 e. The van der Waals surface area contributed by atoms with Crippen molar-refractivity contribution in [2.75, 3.05) is 18.7 Å². The van der Waals surface area contributed by atoms with Gasteiger partial charge in [-0.25, -0.2) is 4.79 Å². The van der Waals surface area contributed by atoms with Crippen LogP contribution in [0.2, 0.25) is 0 Å². The number of halogens is 1. The third-order valence-corrected chi connectivity index (χ3v) is 3.01. The van der Waals surface area contributed by atoms with Gasteiger partial charge in [0.2, 0.25) is 0 Å². The number of carboxylic acids is 1. The van der Waals surface area contributed by atoms with Gasteiger partial charge in [0.15, 0.2) is 0 Å². The van der Waals surface area contributed by atoms with Gasteiger partial charge in [-0.3, -0.25) is 5.01 Å². The summed E-state index contributed by atoms with van der Waals surface area (Å²) in [7, 11) is 1.68. The van der Waals surface area contributed by atoms with E-state index >= 15 is 0 Å². The molecule has 0 spiro atoms. The Hall–Kier alpha value is -1.40. The first kappa shape index (κ1) is 14.7. The van der Waals surface area contributed by atoms with Gasteiger partial charge in [0, 0.05) is 18.1 Å². The van der Waals surface area contributed by atoms with Crippen molar-refractivity contribution in [3.8, 4) is 0 Å². The van der Waals surface area contributed by atoms with Crippen LogP contribution in [-0.2, 0) is 11.2 Å². The van der Waals surface area contributed by atoms with Gasteiger partial charge in [-0.05, 0) is 47.0 Å². The molecule has 0 aromatic heterocycles. The lowest BCUT2D eigenvalue weighted by Gasteiger charge is -2.16. The number of nitrogens with zero attached hydrogens (tertiary/aromatic N) is 2. The Bertz CT molecular complexity index is 474. The number of hydrogen-bond donors (Lipinski definition) is 2. The average Bonchev–Trinajstić information content (AvgIpc) is 2.29. The summed E-state index contributed by atoms with van der Waals surface area (Å²) < 4.78 is 0.804. The molecule has 0 aliphatic heterocycles. The molecule has 0 saturated carbocycles. The van der Waals surface area contributed by atoms with Crippen LogP contribution in [0.3, 0.4) is 0 Å². The van der Waals surface area contributed by atoms with Crippen LogP contribution in [-0.4, -0.2) is 35.5 Å². The number of aliphatic hydroxyl groups is 1. The van der Waals surface area contributed by atoms with Gasteiger partial charge >= 0.3 is 5.97 Å². The number of benzene rings is 1. The van der Waals surface area contributed by atoms with Crippen LogP contribution >= 0.6 is 15.9 Å². The molecule has 18 heavy (non-hydrogen) atoms. The predicted octanol–water partition coefficient (Wildman–Crippen LogP) is 1.88. The summed E-state index contributed by atoms with van der Waals surface area (Å²) in [4.78, 5) is 10.7. The van der Waals surface area contributed by atoms with Gasteiger partial charge in [-0.2, -0.15) is 5.10 Å². The lowest BCUT2D eigenvalue weighted by molar-refractivity contribution is -0.129. The standard InChI is InChI=1S/C12H15BrN2O3/c1-8(12(17)18)14-15(2)11-4-3-9(5-6-16)7-10(11)13/h3-4,7,16H,5-6H2,1-2H3,(H,17,18). The summed E-state index contributed by atoms with van der Waals surface area (Å²) in [6, 6.07) is 5.58. The lowest BCUT2D eigenvalue weighted by Crippen LogP contribution is -2.17. The Balaban J connectivity index is 2.96. The number of aliphatic hydroxyl groups excluding tert-OH is 1. The highest BCUT2D eigenvalue weighted by Gasteiger charge is 2.08. The van der Waals surface area contributed by atoms with E-state index in [1.807, 2.05) is 18.2 Å². The van der Waals surface area contributed by atoms with E-state index in [9.17, 15) is 4.79 Å². The molecule has 6 heteroatoms. The quantitative estimate of drug-likeness (QED) is 0.643. The zero-order valence-electron chi connectivity index (χ0n) is 10.2. The first-order valence-corrected chi connectivity index (χ1v) is 6.16. The molecule has 0 bridgehead atoms. The molecular weight excluding hydrogens is 300 g/mol. The highest BCUT2D eigenvalue weighted by atomic mass is 79.9. The second-order valence-electron chi connectivity index (χ2n) is 3.77. The Morgan fingerprint density at radius 1 is 1.50 bits per heavy atom. The summed E-state index contributed by atoms with van der Waals surface area (Å²) in [6.45, 7) is 1.53. The number of hydrogen-bond acceptors (Lipinski definition) is 4. The monoisotopic (exact) mass is 314 g/mol. The van der Waals surface area contributed by atoms with Crippen LogP contribution in [0.1, 0.15) is 12.5 Å². The highest BCUT2D eigenvalue weighted by Crippen LogP contribution is 2.27. The fourth-order valence-electron chi connectivity index (χ4n) is 1.42. The first-order valence-electron chi connectivity index (χ1n) is 5.37. The Morgan fingerprint density at radius 2 is 2.17 bits per heavy atom. The van der Waals surface area contributed by atoms with Gasteiger partial charge in [0.25, 0.3) is 0 Å². The molecule has 0 aliphatic rings. The maximum atomic E-state index is 10.7. The van der Waals surface area contributed by atoms with Crippen LogP contribution in [0, 0.1) is 0 Å². The molecule has 1 aromatic rings. The van der Waals surface area contributed by atoms with E-state index in [1.54, 1.807) is 7.05 Å². The molecule has 0 saturated heterocycles. The minimum atomic E-state index is -1.05. The molecule has 0 aliphatic carbocycles. The van der Waals surface area contributed by atoms with Crippen LogP contribution < -0.4 is 5.01 Å². The number of carboxylic acid groups (broad SMARTS) is 1. The fourth-order valence-corrected chi connectivity index (χ4v) is 2.10. The van der Waals surface area contributed by atoms with Crippen LogP contribution in [0.4, 0.5) is 5.69 Å². The number of anilines is 1. The second-order valence-corrected chi connectivity index (χ2v) is 4.63. The van der Waals surface area contributed by atoms with Crippen molar-refractivity contribution >= 4 is 33.3 Å². The maximum absolute atomic E-state index is 10.7. The van der Waals surface area contributed by atoms with E-state index in [0.29, 0.717) is 6.42 Å². The SMILES string of the molecule is CC(=NN(C)c1ccc(CCO)cc1Br)C(=O)O. The zero-order chi connectivity index (χ0) is 13.7. The van der Waals surface area contributed by atoms with Crippen molar-refractivity contribution in [2.24, 2.45) is 5.10 Å². The van der Waals surface area contributed by atoms with Crippen molar-refractivity contribution < 1.29 is 15.0 Å². The van der Waals surface area contributed by atoms with Crippen molar-refractivity contribution in [3.05, 3.63) is 28.2 Å². The third kappa shape index (κ3) is 3.82. The van der Waals surface area contributed by atoms with Crippen molar-refractivity contribution in [1.82, 2.24) is 0 Å². The average molecular weight is 315 g/mol. The van der Waals surface area contributed by atoms with Gasteiger partial charge in [0.1, 0.15) is 5.71 Å². The maximum Gasteiger partial charge on any atom is 0.351 e. The van der Waals surface area contributed by atoms with E-state index < -0.39 is 5.97 Å². The summed E-state index contributed by atoms with van der Waals surface area (Å²) in [5, 5.41) is 23.1.